The fourth-order valence-electron chi connectivity index (χ4n) is 3.83. The van der Waals surface area contributed by atoms with Crippen LogP contribution in [0, 0.1) is 6.92 Å². The summed E-state index contributed by atoms with van der Waals surface area (Å²) < 4.78 is 5.71. The van der Waals surface area contributed by atoms with Crippen LogP contribution in [0.25, 0.3) is 0 Å². The first-order valence-corrected chi connectivity index (χ1v) is 9.31. The Labute approximate surface area is 168 Å². The third-order valence-electron chi connectivity index (χ3n) is 5.53. The van der Waals surface area contributed by atoms with Gasteiger partial charge in [-0.25, -0.2) is 0 Å². The highest BCUT2D eigenvalue weighted by Crippen LogP contribution is 2.57. The van der Waals surface area contributed by atoms with E-state index in [1.807, 2.05) is 0 Å². The number of nitrogens with one attached hydrogen (secondary N) is 1. The number of carbonyl (C=O) groups excluding carboxylic acids is 3. The number of carbonyl (C=O) groups is 3. The number of phenolic OH excluding ortho intramolecular Hbond substituents is 2. The lowest BCUT2D eigenvalue weighted by atomic mass is 9.70. The molecule has 1 aromatic carbocycles. The third kappa shape index (κ3) is 2.82. The maximum atomic E-state index is 13.5. The molecule has 0 fully saturated rings. The predicted molar refractivity (Wildman–Crippen MR) is 105 cm³/mol. The minimum Gasteiger partial charge on any atom is -0.507 e. The smallest absolute Gasteiger partial charge is 0.194 e. The van der Waals surface area contributed by atoms with Crippen molar-refractivity contribution in [1.82, 2.24) is 5.32 Å². The van der Waals surface area contributed by atoms with Gasteiger partial charge in [0.25, 0.3) is 0 Å². The molecule has 0 radical (unpaired) electrons. The van der Waals surface area contributed by atoms with Gasteiger partial charge in [0, 0.05) is 23.9 Å². The maximum absolute atomic E-state index is 13.5. The van der Waals surface area contributed by atoms with Crippen LogP contribution < -0.4 is 15.8 Å². The van der Waals surface area contributed by atoms with Crippen molar-refractivity contribution in [2.24, 2.45) is 5.73 Å². The van der Waals surface area contributed by atoms with Gasteiger partial charge in [-0.1, -0.05) is 0 Å². The molecule has 0 bridgehead atoms. The SMILES string of the molecule is CC(=O)c1c(O)c(C)c(O)c2c1OC1=CC(=O)/C(=C(/C)NCCCN)C(=O)[C@@]12C. The van der Waals surface area contributed by atoms with E-state index in [4.69, 9.17) is 10.5 Å². The molecule has 29 heavy (non-hydrogen) atoms. The van der Waals surface area contributed by atoms with Crippen LogP contribution in [-0.2, 0) is 15.0 Å². The second-order valence-corrected chi connectivity index (χ2v) is 7.46. The summed E-state index contributed by atoms with van der Waals surface area (Å²) in [5.74, 6) is -2.40. The van der Waals surface area contributed by atoms with Gasteiger partial charge >= 0.3 is 0 Å². The molecule has 154 valence electrons. The first-order valence-electron chi connectivity index (χ1n) is 9.31. The van der Waals surface area contributed by atoms with Gasteiger partial charge in [-0.3, -0.25) is 14.4 Å². The monoisotopic (exact) mass is 400 g/mol. The second kappa shape index (κ2) is 7.04. The summed E-state index contributed by atoms with van der Waals surface area (Å²) >= 11 is 0. The molecule has 3 rings (SSSR count). The molecule has 1 aliphatic carbocycles. The Morgan fingerprint density at radius 2 is 1.90 bits per heavy atom. The topological polar surface area (TPSA) is 139 Å². The zero-order valence-electron chi connectivity index (χ0n) is 16.8. The Morgan fingerprint density at radius 1 is 1.24 bits per heavy atom. The lowest BCUT2D eigenvalue weighted by Crippen LogP contribution is -2.41. The van der Waals surface area contributed by atoms with Crippen LogP contribution >= 0.6 is 0 Å². The molecule has 1 aliphatic heterocycles. The molecule has 0 amide bonds. The van der Waals surface area contributed by atoms with E-state index < -0.39 is 28.5 Å². The van der Waals surface area contributed by atoms with Gasteiger partial charge in [-0.15, -0.1) is 0 Å². The second-order valence-electron chi connectivity index (χ2n) is 7.46. The molecule has 1 aromatic rings. The van der Waals surface area contributed by atoms with Crippen LogP contribution in [0.5, 0.6) is 17.2 Å². The van der Waals surface area contributed by atoms with Crippen molar-refractivity contribution in [3.05, 3.63) is 39.8 Å². The molecule has 8 nitrogen and oxygen atoms in total. The molecule has 0 saturated carbocycles. The highest BCUT2D eigenvalue weighted by Gasteiger charge is 2.56. The largest absolute Gasteiger partial charge is 0.507 e. The van der Waals surface area contributed by atoms with Crippen LogP contribution in [0.3, 0.4) is 0 Å². The van der Waals surface area contributed by atoms with Crippen LogP contribution in [-0.4, -0.2) is 40.7 Å². The number of ether oxygens (including phenoxy) is 1. The number of ketones is 3. The fraction of sp³-hybridized carbons (Fsp3) is 0.381. The summed E-state index contributed by atoms with van der Waals surface area (Å²) in [7, 11) is 0. The van der Waals surface area contributed by atoms with Crippen LogP contribution in [0.2, 0.25) is 0 Å². The van der Waals surface area contributed by atoms with E-state index in [1.165, 1.54) is 26.8 Å². The number of hydrogen-bond donors (Lipinski definition) is 4. The van der Waals surface area contributed by atoms with Crippen LogP contribution in [0.15, 0.2) is 23.1 Å². The lowest BCUT2D eigenvalue weighted by molar-refractivity contribution is -0.123. The summed E-state index contributed by atoms with van der Waals surface area (Å²) in [4.78, 5) is 38.3. The van der Waals surface area contributed by atoms with E-state index in [1.54, 1.807) is 6.92 Å². The molecular weight excluding hydrogens is 376 g/mol. The standard InChI is InChI=1S/C21H24N2O6/c1-9-17(26)15(11(3)24)19-16(18(9)27)21(4)13(29-19)8-12(25)14(20(21)28)10(2)23-7-5-6-22/h8,23,26-27H,5-7,22H2,1-4H3/b14-10+/t21-/m0/s1. The summed E-state index contributed by atoms with van der Waals surface area (Å²) in [6, 6.07) is 0. The van der Waals surface area contributed by atoms with Gasteiger partial charge in [-0.05, 0) is 40.7 Å². The zero-order chi connectivity index (χ0) is 21.7. The average Bonchev–Trinajstić information content (AvgIpc) is 2.93. The van der Waals surface area contributed by atoms with E-state index >= 15 is 0 Å². The molecule has 8 heteroatoms. The van der Waals surface area contributed by atoms with Gasteiger partial charge in [0.05, 0.1) is 11.1 Å². The first kappa shape index (κ1) is 20.6. The maximum Gasteiger partial charge on any atom is 0.194 e. The molecule has 1 atom stereocenters. The Morgan fingerprint density at radius 3 is 2.48 bits per heavy atom. The van der Waals surface area contributed by atoms with Gasteiger partial charge in [-0.2, -0.15) is 0 Å². The van der Waals surface area contributed by atoms with Crippen molar-refractivity contribution >= 4 is 17.3 Å². The van der Waals surface area contributed by atoms with Crippen molar-refractivity contribution in [1.29, 1.82) is 0 Å². The van der Waals surface area contributed by atoms with Gasteiger partial charge in [0.1, 0.15) is 34.0 Å². The Bertz CT molecular complexity index is 1020. The Hall–Kier alpha value is -3.13. The third-order valence-corrected chi connectivity index (χ3v) is 5.53. The lowest BCUT2D eigenvalue weighted by Gasteiger charge is -2.29. The van der Waals surface area contributed by atoms with Crippen LogP contribution in [0.1, 0.15) is 48.7 Å². The summed E-state index contributed by atoms with van der Waals surface area (Å²) in [6.45, 7) is 6.82. The Kier molecular flexibility index (Phi) is 5.00. The van der Waals surface area contributed by atoms with E-state index in [0.29, 0.717) is 25.2 Å². The highest BCUT2D eigenvalue weighted by molar-refractivity contribution is 6.31. The number of hydrogen-bond acceptors (Lipinski definition) is 8. The predicted octanol–water partition coefficient (Wildman–Crippen LogP) is 1.51. The molecular formula is C21H24N2O6. The van der Waals surface area contributed by atoms with Crippen LogP contribution in [0.4, 0.5) is 0 Å². The molecule has 2 aliphatic rings. The number of rotatable bonds is 5. The van der Waals surface area contributed by atoms with Crippen molar-refractivity contribution in [3.8, 4) is 17.2 Å². The number of fused-ring (bicyclic) bond motifs is 3. The summed E-state index contributed by atoms with van der Waals surface area (Å²) in [6.07, 6.45) is 1.86. The highest BCUT2D eigenvalue weighted by atomic mass is 16.5. The molecule has 0 saturated heterocycles. The molecule has 0 aromatic heterocycles. The molecule has 1 heterocycles. The van der Waals surface area contributed by atoms with Gasteiger partial charge in [0.2, 0.25) is 0 Å². The van der Waals surface area contributed by atoms with Crippen molar-refractivity contribution < 1.29 is 29.3 Å². The molecule has 5 N–H and O–H groups in total. The van der Waals surface area contributed by atoms with E-state index in [0.717, 1.165) is 0 Å². The number of phenols is 2. The number of benzene rings is 1. The van der Waals surface area contributed by atoms with Crippen molar-refractivity contribution in [2.45, 2.75) is 39.5 Å². The first-order chi connectivity index (χ1) is 13.6. The Balaban J connectivity index is 2.25. The van der Waals surface area contributed by atoms with Gasteiger partial charge in [0.15, 0.2) is 17.3 Å². The normalized spacial score (nSPS) is 21.9. The number of aromatic hydroxyl groups is 2. The summed E-state index contributed by atoms with van der Waals surface area (Å²) in [5.41, 5.74) is 4.36. The van der Waals surface area contributed by atoms with E-state index in [9.17, 15) is 24.6 Å². The quantitative estimate of drug-likeness (QED) is 0.252. The fourth-order valence-corrected chi connectivity index (χ4v) is 3.83. The number of nitrogens with two attached hydrogens (primary N) is 1. The van der Waals surface area contributed by atoms with E-state index in [2.05, 4.69) is 5.32 Å². The van der Waals surface area contributed by atoms with Crippen molar-refractivity contribution in [3.63, 3.8) is 0 Å². The minimum absolute atomic E-state index is 0.0174. The zero-order valence-corrected chi connectivity index (χ0v) is 16.8. The minimum atomic E-state index is -1.50. The average molecular weight is 400 g/mol. The molecule has 0 unspecified atom stereocenters. The summed E-state index contributed by atoms with van der Waals surface area (Å²) in [5, 5.41) is 24.1. The number of Topliss-reactive ketones (excluding diaryl/α,β-unsaturated/α-hetero) is 2. The molecule has 0 spiro atoms. The number of allylic oxidation sites excluding steroid dienone is 4. The van der Waals surface area contributed by atoms with Gasteiger partial charge < -0.3 is 26.0 Å². The van der Waals surface area contributed by atoms with E-state index in [-0.39, 0.29) is 39.5 Å². The van der Waals surface area contributed by atoms with Crippen molar-refractivity contribution in [2.75, 3.05) is 13.1 Å².